The first kappa shape index (κ1) is 12.2. The summed E-state index contributed by atoms with van der Waals surface area (Å²) in [6, 6.07) is 7.90. The first-order valence-corrected chi connectivity index (χ1v) is 6.32. The maximum atomic E-state index is 12.6. The Morgan fingerprint density at radius 2 is 2.12 bits per heavy atom. The summed E-state index contributed by atoms with van der Waals surface area (Å²) < 4.78 is 5.60. The lowest BCUT2D eigenvalue weighted by Crippen LogP contribution is -2.32. The van der Waals surface area contributed by atoms with Gasteiger partial charge in [-0.3, -0.25) is 4.79 Å². The largest absolute Gasteiger partial charge is 0.493 e. The second-order valence-corrected chi connectivity index (χ2v) is 5.33. The minimum absolute atomic E-state index is 0.00917. The van der Waals surface area contributed by atoms with Gasteiger partial charge >= 0.3 is 0 Å². The topological polar surface area (TPSA) is 26.3 Å². The molecule has 1 atom stereocenters. The Hall–Kier alpha value is -1.31. The lowest BCUT2D eigenvalue weighted by molar-refractivity contribution is -0.129. The van der Waals surface area contributed by atoms with E-state index in [-0.39, 0.29) is 11.3 Å². The number of benzene rings is 1. The number of hydrogen-bond donors (Lipinski definition) is 0. The Bertz CT molecular complexity index is 421. The average Bonchev–Trinajstić information content (AvgIpc) is 2.37. The van der Waals surface area contributed by atoms with E-state index in [0.717, 1.165) is 24.2 Å². The van der Waals surface area contributed by atoms with Gasteiger partial charge in [0.05, 0.1) is 12.5 Å². The van der Waals surface area contributed by atoms with Gasteiger partial charge in [-0.25, -0.2) is 0 Å². The van der Waals surface area contributed by atoms with Crippen LogP contribution in [-0.2, 0) is 4.79 Å². The summed E-state index contributed by atoms with van der Waals surface area (Å²) in [5.41, 5.74) is 0.819. The molecule has 1 aliphatic rings. The fourth-order valence-corrected chi connectivity index (χ4v) is 2.26. The Labute approximate surface area is 103 Å². The van der Waals surface area contributed by atoms with E-state index in [1.807, 2.05) is 38.1 Å². The lowest BCUT2D eigenvalue weighted by atomic mass is 9.75. The molecule has 1 unspecified atom stereocenters. The Morgan fingerprint density at radius 1 is 1.41 bits per heavy atom. The highest BCUT2D eigenvalue weighted by Crippen LogP contribution is 2.39. The van der Waals surface area contributed by atoms with Crippen molar-refractivity contribution in [2.75, 3.05) is 6.61 Å². The summed E-state index contributed by atoms with van der Waals surface area (Å²) in [6.45, 7) is 6.79. The minimum Gasteiger partial charge on any atom is -0.493 e. The van der Waals surface area contributed by atoms with Gasteiger partial charge in [-0.2, -0.15) is 0 Å². The van der Waals surface area contributed by atoms with Gasteiger partial charge in [0, 0.05) is 11.0 Å². The van der Waals surface area contributed by atoms with Crippen LogP contribution < -0.4 is 4.74 Å². The van der Waals surface area contributed by atoms with E-state index in [1.165, 1.54) is 0 Å². The predicted molar refractivity (Wildman–Crippen MR) is 68.4 cm³/mol. The molecule has 0 aromatic heterocycles. The van der Waals surface area contributed by atoms with Crippen LogP contribution in [0.4, 0.5) is 0 Å². The molecule has 1 aliphatic heterocycles. The van der Waals surface area contributed by atoms with E-state index in [4.69, 9.17) is 4.74 Å². The summed E-state index contributed by atoms with van der Waals surface area (Å²) in [4.78, 5) is 12.6. The van der Waals surface area contributed by atoms with E-state index in [9.17, 15) is 4.79 Å². The number of ketones is 1. The quantitative estimate of drug-likeness (QED) is 0.796. The molecule has 0 spiro atoms. The normalized spacial score (nSPS) is 19.4. The van der Waals surface area contributed by atoms with Crippen molar-refractivity contribution in [2.45, 2.75) is 39.5 Å². The number of hydrogen-bond acceptors (Lipinski definition) is 2. The highest BCUT2D eigenvalue weighted by Gasteiger charge is 2.35. The zero-order chi connectivity index (χ0) is 12.5. The van der Waals surface area contributed by atoms with Crippen LogP contribution in [0.25, 0.3) is 0 Å². The fourth-order valence-electron chi connectivity index (χ4n) is 2.26. The number of Topliss-reactive ketones (excluding diaryl/α,β-unsaturated/α-hetero) is 1. The second-order valence-electron chi connectivity index (χ2n) is 5.33. The van der Waals surface area contributed by atoms with Crippen LogP contribution in [0.2, 0.25) is 0 Å². The molecular weight excluding hydrogens is 212 g/mol. The second kappa shape index (κ2) is 4.52. The highest BCUT2D eigenvalue weighted by molar-refractivity contribution is 5.91. The van der Waals surface area contributed by atoms with Crippen molar-refractivity contribution in [1.29, 1.82) is 0 Å². The van der Waals surface area contributed by atoms with E-state index in [0.29, 0.717) is 12.4 Å². The SMILES string of the molecule is CCC(C)(C)C(=O)C1CCOc2ccccc21. The van der Waals surface area contributed by atoms with Gasteiger partial charge in [0.25, 0.3) is 0 Å². The van der Waals surface area contributed by atoms with Crippen LogP contribution in [0.1, 0.15) is 45.1 Å². The third-order valence-corrected chi connectivity index (χ3v) is 3.83. The lowest BCUT2D eigenvalue weighted by Gasteiger charge is -2.31. The average molecular weight is 232 g/mol. The summed E-state index contributed by atoms with van der Waals surface area (Å²) in [6.07, 6.45) is 1.69. The summed E-state index contributed by atoms with van der Waals surface area (Å²) in [5.74, 6) is 1.23. The molecule has 1 heterocycles. The van der Waals surface area contributed by atoms with Crippen molar-refractivity contribution in [2.24, 2.45) is 5.41 Å². The monoisotopic (exact) mass is 232 g/mol. The molecule has 0 bridgehead atoms. The number of ether oxygens (including phenoxy) is 1. The van der Waals surface area contributed by atoms with Gasteiger partial charge in [-0.05, 0) is 18.9 Å². The molecular formula is C15H20O2. The van der Waals surface area contributed by atoms with Crippen LogP contribution in [0.5, 0.6) is 5.75 Å². The van der Waals surface area contributed by atoms with E-state index in [1.54, 1.807) is 0 Å². The Morgan fingerprint density at radius 3 is 2.82 bits per heavy atom. The zero-order valence-corrected chi connectivity index (χ0v) is 10.8. The van der Waals surface area contributed by atoms with E-state index in [2.05, 4.69) is 6.92 Å². The molecule has 0 aliphatic carbocycles. The molecule has 2 rings (SSSR count). The van der Waals surface area contributed by atoms with Crippen LogP contribution in [0.15, 0.2) is 24.3 Å². The van der Waals surface area contributed by atoms with Crippen molar-refractivity contribution in [1.82, 2.24) is 0 Å². The molecule has 1 aromatic rings. The van der Waals surface area contributed by atoms with E-state index >= 15 is 0 Å². The van der Waals surface area contributed by atoms with Crippen LogP contribution in [-0.4, -0.2) is 12.4 Å². The van der Waals surface area contributed by atoms with Gasteiger partial charge in [-0.15, -0.1) is 0 Å². The summed E-state index contributed by atoms with van der Waals surface area (Å²) in [5, 5.41) is 0. The number of carbonyl (C=O) groups excluding carboxylic acids is 1. The van der Waals surface area contributed by atoms with Gasteiger partial charge in [0.2, 0.25) is 0 Å². The molecule has 2 heteroatoms. The van der Waals surface area contributed by atoms with Gasteiger partial charge < -0.3 is 4.74 Å². The molecule has 0 fully saturated rings. The molecule has 1 aromatic carbocycles. The third kappa shape index (κ3) is 2.21. The standard InChI is InChI=1S/C15H20O2/c1-4-15(2,3)14(16)12-9-10-17-13-8-6-5-7-11(12)13/h5-8,12H,4,9-10H2,1-3H3. The van der Waals surface area contributed by atoms with Gasteiger partial charge in [0.1, 0.15) is 11.5 Å². The first-order chi connectivity index (χ1) is 8.06. The number of carbonyl (C=O) groups is 1. The highest BCUT2D eigenvalue weighted by atomic mass is 16.5. The number of para-hydroxylation sites is 1. The molecule has 92 valence electrons. The molecule has 0 radical (unpaired) electrons. The first-order valence-electron chi connectivity index (χ1n) is 6.32. The zero-order valence-electron chi connectivity index (χ0n) is 10.8. The summed E-state index contributed by atoms with van der Waals surface area (Å²) in [7, 11) is 0. The van der Waals surface area contributed by atoms with Crippen molar-refractivity contribution in [3.8, 4) is 5.75 Å². The van der Waals surface area contributed by atoms with Gasteiger partial charge in [-0.1, -0.05) is 39.0 Å². The fraction of sp³-hybridized carbons (Fsp3) is 0.533. The smallest absolute Gasteiger partial charge is 0.146 e. The molecule has 0 amide bonds. The maximum absolute atomic E-state index is 12.6. The van der Waals surface area contributed by atoms with Crippen molar-refractivity contribution >= 4 is 5.78 Å². The molecule has 0 N–H and O–H groups in total. The molecule has 2 nitrogen and oxygen atoms in total. The summed E-state index contributed by atoms with van der Waals surface area (Å²) >= 11 is 0. The predicted octanol–water partition coefficient (Wildman–Crippen LogP) is 3.56. The number of fused-ring (bicyclic) bond motifs is 1. The minimum atomic E-state index is -0.241. The molecule has 0 saturated carbocycles. The molecule has 0 saturated heterocycles. The third-order valence-electron chi connectivity index (χ3n) is 3.83. The van der Waals surface area contributed by atoms with Crippen molar-refractivity contribution in [3.63, 3.8) is 0 Å². The van der Waals surface area contributed by atoms with Crippen molar-refractivity contribution in [3.05, 3.63) is 29.8 Å². The number of rotatable bonds is 3. The van der Waals surface area contributed by atoms with Gasteiger partial charge in [0.15, 0.2) is 0 Å². The Balaban J connectivity index is 2.33. The van der Waals surface area contributed by atoms with Crippen molar-refractivity contribution < 1.29 is 9.53 Å². The molecule has 17 heavy (non-hydrogen) atoms. The van der Waals surface area contributed by atoms with Crippen LogP contribution in [0, 0.1) is 5.41 Å². The Kier molecular flexibility index (Phi) is 3.23. The van der Waals surface area contributed by atoms with Crippen LogP contribution in [0.3, 0.4) is 0 Å². The van der Waals surface area contributed by atoms with Crippen LogP contribution >= 0.6 is 0 Å². The maximum Gasteiger partial charge on any atom is 0.146 e. The van der Waals surface area contributed by atoms with E-state index < -0.39 is 0 Å².